The maximum Gasteiger partial charge on any atom is 0.0829 e. The Kier molecular flexibility index (Phi) is 3.61. The summed E-state index contributed by atoms with van der Waals surface area (Å²) in [5.41, 5.74) is 0. The minimum Gasteiger partial charge on any atom is -0.474 e. The van der Waals surface area contributed by atoms with Crippen LogP contribution in [0.3, 0.4) is 0 Å². The van der Waals surface area contributed by atoms with Crippen LogP contribution in [0.15, 0.2) is 37.8 Å². The highest BCUT2D eigenvalue weighted by Crippen LogP contribution is 2.27. The molecule has 2 nitrogen and oxygen atoms in total. The van der Waals surface area contributed by atoms with Crippen LogP contribution in [-0.2, 0) is 9.47 Å². The summed E-state index contributed by atoms with van der Waals surface area (Å²) in [4.78, 5) is 0. The molecule has 0 radical (unpaired) electrons. The normalized spacial score (nSPS) is 29.0. The van der Waals surface area contributed by atoms with Crippen molar-refractivity contribution < 1.29 is 9.47 Å². The van der Waals surface area contributed by atoms with Crippen molar-refractivity contribution in [3.8, 4) is 0 Å². The van der Waals surface area contributed by atoms with E-state index in [1.807, 2.05) is 0 Å². The molecule has 0 amide bonds. The maximum atomic E-state index is 5.27. The summed E-state index contributed by atoms with van der Waals surface area (Å²) in [7, 11) is 0. The lowest BCUT2D eigenvalue weighted by atomic mass is 10.2. The van der Waals surface area contributed by atoms with Crippen molar-refractivity contribution >= 4 is 0 Å². The van der Waals surface area contributed by atoms with Crippen LogP contribution in [-0.4, -0.2) is 12.7 Å². The molecule has 0 spiro atoms. The number of ether oxygens (including phenoxy) is 2. The van der Waals surface area contributed by atoms with E-state index in [1.165, 1.54) is 18.9 Å². The van der Waals surface area contributed by atoms with Gasteiger partial charge in [-0.3, -0.25) is 0 Å². The molecule has 0 saturated carbocycles. The topological polar surface area (TPSA) is 18.5 Å². The molecule has 2 heteroatoms. The summed E-state index contributed by atoms with van der Waals surface area (Å²) < 4.78 is 9.63. The lowest BCUT2D eigenvalue weighted by molar-refractivity contribution is 0.135. The Bertz CT molecular complexity index is 166. The van der Waals surface area contributed by atoms with Crippen molar-refractivity contribution in [2.45, 2.75) is 12.5 Å². The van der Waals surface area contributed by atoms with Gasteiger partial charge in [-0.1, -0.05) is 25.3 Å². The first-order chi connectivity index (χ1) is 5.86. The van der Waals surface area contributed by atoms with Gasteiger partial charge in [0, 0.05) is 5.92 Å². The summed E-state index contributed by atoms with van der Waals surface area (Å²) in [6.45, 7) is 7.49. The molecule has 0 N–H and O–H groups in total. The van der Waals surface area contributed by atoms with Crippen LogP contribution in [0.25, 0.3) is 0 Å². The van der Waals surface area contributed by atoms with E-state index in [4.69, 9.17) is 4.74 Å². The average molecular weight is 166 g/mol. The molecule has 1 saturated heterocycles. The van der Waals surface area contributed by atoms with Gasteiger partial charge in [0.25, 0.3) is 0 Å². The minimum atomic E-state index is 0.491. The Morgan fingerprint density at radius 2 is 2.08 bits per heavy atom. The SMILES string of the molecule is C1=CC2CC1CO2.C=COC=C. The van der Waals surface area contributed by atoms with E-state index in [9.17, 15) is 0 Å². The molecule has 2 atom stereocenters. The van der Waals surface area contributed by atoms with E-state index in [0.29, 0.717) is 6.10 Å². The number of hydrogen-bond acceptors (Lipinski definition) is 2. The van der Waals surface area contributed by atoms with Gasteiger partial charge in [-0.25, -0.2) is 0 Å². The predicted octanol–water partition coefficient (Wildman–Crippen LogP) is 2.25. The Hall–Kier alpha value is -1.02. The fourth-order valence-electron chi connectivity index (χ4n) is 1.30. The minimum absolute atomic E-state index is 0.491. The van der Waals surface area contributed by atoms with Gasteiger partial charge in [-0.05, 0) is 6.42 Å². The molecule has 1 fully saturated rings. The smallest absolute Gasteiger partial charge is 0.0829 e. The van der Waals surface area contributed by atoms with Crippen molar-refractivity contribution in [2.75, 3.05) is 6.61 Å². The van der Waals surface area contributed by atoms with Gasteiger partial charge < -0.3 is 9.47 Å². The van der Waals surface area contributed by atoms with Gasteiger partial charge in [0.1, 0.15) is 0 Å². The fourth-order valence-corrected chi connectivity index (χ4v) is 1.30. The van der Waals surface area contributed by atoms with Gasteiger partial charge >= 0.3 is 0 Å². The molecule has 0 aromatic carbocycles. The van der Waals surface area contributed by atoms with Crippen LogP contribution in [0, 0.1) is 5.92 Å². The van der Waals surface area contributed by atoms with E-state index in [0.717, 1.165) is 12.5 Å². The van der Waals surface area contributed by atoms with Crippen LogP contribution in [0.1, 0.15) is 6.42 Å². The first-order valence-corrected chi connectivity index (χ1v) is 4.04. The zero-order chi connectivity index (χ0) is 8.81. The molecular formula is C10H14O2. The third-order valence-corrected chi connectivity index (χ3v) is 1.85. The standard InChI is InChI=1S/C6H8O.C4H6O/c1-2-6-3-5(1)4-7-6;1-3-5-4-2/h1-2,5-6H,3-4H2;3-4H,1-2H2. The van der Waals surface area contributed by atoms with Crippen molar-refractivity contribution in [3.63, 3.8) is 0 Å². The number of fused-ring (bicyclic) bond motifs is 2. The van der Waals surface area contributed by atoms with Crippen LogP contribution in [0.5, 0.6) is 0 Å². The summed E-state index contributed by atoms with van der Waals surface area (Å²) >= 11 is 0. The van der Waals surface area contributed by atoms with Gasteiger partial charge in [-0.15, -0.1) is 0 Å². The molecule has 66 valence electrons. The molecule has 1 aliphatic carbocycles. The van der Waals surface area contributed by atoms with E-state index in [2.05, 4.69) is 30.0 Å². The maximum absolute atomic E-state index is 5.27. The second-order valence-corrected chi connectivity index (χ2v) is 2.72. The Morgan fingerprint density at radius 3 is 2.17 bits per heavy atom. The van der Waals surface area contributed by atoms with E-state index < -0.39 is 0 Å². The van der Waals surface area contributed by atoms with Gasteiger partial charge in [-0.2, -0.15) is 0 Å². The highest BCUT2D eigenvalue weighted by molar-refractivity contribution is 5.06. The third kappa shape index (κ3) is 2.55. The molecule has 0 aromatic rings. The van der Waals surface area contributed by atoms with E-state index in [1.54, 1.807) is 0 Å². The Labute approximate surface area is 73.2 Å². The molecule has 1 heterocycles. The molecule has 1 aliphatic heterocycles. The fraction of sp³-hybridized carbons (Fsp3) is 0.400. The highest BCUT2D eigenvalue weighted by atomic mass is 16.5. The molecule has 0 aromatic heterocycles. The van der Waals surface area contributed by atoms with E-state index >= 15 is 0 Å². The lowest BCUT2D eigenvalue weighted by Crippen LogP contribution is -1.99. The largest absolute Gasteiger partial charge is 0.474 e. The van der Waals surface area contributed by atoms with Crippen molar-refractivity contribution in [2.24, 2.45) is 5.92 Å². The van der Waals surface area contributed by atoms with Crippen LogP contribution in [0.2, 0.25) is 0 Å². The summed E-state index contributed by atoms with van der Waals surface area (Å²) in [6, 6.07) is 0. The Balaban J connectivity index is 0.000000130. The second kappa shape index (κ2) is 4.78. The predicted molar refractivity (Wildman–Crippen MR) is 48.5 cm³/mol. The molecule has 2 rings (SSSR count). The summed E-state index contributed by atoms with van der Waals surface area (Å²) in [5.74, 6) is 0.769. The van der Waals surface area contributed by atoms with Crippen molar-refractivity contribution in [1.82, 2.24) is 0 Å². The van der Waals surface area contributed by atoms with Crippen LogP contribution < -0.4 is 0 Å². The van der Waals surface area contributed by atoms with E-state index in [-0.39, 0.29) is 0 Å². The summed E-state index contributed by atoms with van der Waals surface area (Å²) in [6.07, 6.45) is 8.78. The third-order valence-electron chi connectivity index (χ3n) is 1.85. The van der Waals surface area contributed by atoms with Crippen LogP contribution >= 0.6 is 0 Å². The van der Waals surface area contributed by atoms with Crippen molar-refractivity contribution in [1.29, 1.82) is 0 Å². The second-order valence-electron chi connectivity index (χ2n) is 2.72. The van der Waals surface area contributed by atoms with Gasteiger partial charge in [0.05, 0.1) is 25.2 Å². The monoisotopic (exact) mass is 166 g/mol. The first kappa shape index (κ1) is 9.07. The first-order valence-electron chi connectivity index (χ1n) is 4.04. The molecule has 2 unspecified atom stereocenters. The quantitative estimate of drug-likeness (QED) is 0.462. The molecule has 12 heavy (non-hydrogen) atoms. The van der Waals surface area contributed by atoms with Gasteiger partial charge in [0.2, 0.25) is 0 Å². The molecule has 2 bridgehead atoms. The zero-order valence-electron chi connectivity index (χ0n) is 7.11. The Morgan fingerprint density at radius 1 is 1.33 bits per heavy atom. The highest BCUT2D eigenvalue weighted by Gasteiger charge is 2.26. The molecule has 2 aliphatic rings. The number of hydrogen-bond donors (Lipinski definition) is 0. The molecular weight excluding hydrogens is 152 g/mol. The van der Waals surface area contributed by atoms with Crippen LogP contribution in [0.4, 0.5) is 0 Å². The lowest BCUT2D eigenvalue weighted by Gasteiger charge is -2.00. The zero-order valence-corrected chi connectivity index (χ0v) is 7.11. The van der Waals surface area contributed by atoms with Gasteiger partial charge in [0.15, 0.2) is 0 Å². The van der Waals surface area contributed by atoms with Crippen molar-refractivity contribution in [3.05, 3.63) is 37.8 Å². The summed E-state index contributed by atoms with van der Waals surface area (Å²) in [5, 5.41) is 0. The number of rotatable bonds is 2. The average Bonchev–Trinajstić information content (AvgIpc) is 2.69.